The van der Waals surface area contributed by atoms with E-state index in [1.54, 1.807) is 7.11 Å². The fourth-order valence-electron chi connectivity index (χ4n) is 4.64. The van der Waals surface area contributed by atoms with Gasteiger partial charge in [0, 0.05) is 11.6 Å². The summed E-state index contributed by atoms with van der Waals surface area (Å²) in [6.45, 7) is 7.37. The van der Waals surface area contributed by atoms with Crippen LogP contribution in [0.1, 0.15) is 63.5 Å². The number of carbonyl (C=O) groups is 3. The lowest BCUT2D eigenvalue weighted by atomic mass is 9.78. The van der Waals surface area contributed by atoms with Gasteiger partial charge in [-0.3, -0.25) is 4.79 Å². The van der Waals surface area contributed by atoms with E-state index < -0.39 is 17.4 Å². The van der Waals surface area contributed by atoms with Crippen LogP contribution in [0.25, 0.3) is 0 Å². The van der Waals surface area contributed by atoms with E-state index in [-0.39, 0.29) is 17.9 Å². The number of aryl methyl sites for hydroxylation is 1. The molecule has 3 amide bonds. The number of amides is 3. The molecule has 0 heterocycles. The van der Waals surface area contributed by atoms with Gasteiger partial charge in [0.25, 0.3) is 0 Å². The van der Waals surface area contributed by atoms with Gasteiger partial charge in [-0.05, 0) is 79.3 Å². The van der Waals surface area contributed by atoms with Crippen molar-refractivity contribution in [2.75, 3.05) is 17.7 Å². The van der Waals surface area contributed by atoms with Crippen molar-refractivity contribution < 1.29 is 24.2 Å². The molecule has 36 heavy (non-hydrogen) atoms. The highest BCUT2D eigenvalue weighted by Gasteiger charge is 2.35. The first-order valence-corrected chi connectivity index (χ1v) is 12.3. The van der Waals surface area contributed by atoms with E-state index in [9.17, 15) is 19.5 Å². The summed E-state index contributed by atoms with van der Waals surface area (Å²) in [7, 11) is 1.56. The van der Waals surface area contributed by atoms with Crippen molar-refractivity contribution in [1.29, 1.82) is 0 Å². The molecule has 2 aromatic rings. The molecule has 8 nitrogen and oxygen atoms in total. The molecule has 194 valence electrons. The van der Waals surface area contributed by atoms with Crippen LogP contribution in [0, 0.1) is 18.3 Å². The van der Waals surface area contributed by atoms with Crippen molar-refractivity contribution in [2.45, 2.75) is 65.3 Å². The zero-order valence-corrected chi connectivity index (χ0v) is 21.7. The molecule has 0 saturated heterocycles. The monoisotopic (exact) mass is 495 g/mol. The maximum atomic E-state index is 12.7. The Kier molecular flexibility index (Phi) is 8.61. The Labute approximate surface area is 212 Å². The molecular formula is C28H37N3O5. The first kappa shape index (κ1) is 27.0. The molecule has 8 heteroatoms. The standard InChI is InChI=1S/C28H37N3O5/c1-17-6-15-23(36-5)22(16-17)30-27(35)29-21-13-11-19(12-14-21)18-7-9-20(10-8-18)25(32)31-24(26(33)34)28(2,3)4/h6,11-16,18,20,24H,7-10H2,1-5H3,(H,31,32)(H,33,34)(H2,29,30,35)/t18?,20?,24-/m1/s1. The van der Waals surface area contributed by atoms with Crippen molar-refractivity contribution in [3.63, 3.8) is 0 Å². The molecule has 1 aliphatic carbocycles. The van der Waals surface area contributed by atoms with Crippen molar-refractivity contribution in [2.24, 2.45) is 11.3 Å². The Balaban J connectivity index is 1.52. The van der Waals surface area contributed by atoms with Crippen LogP contribution in [0.2, 0.25) is 0 Å². The highest BCUT2D eigenvalue weighted by molar-refractivity contribution is 6.00. The zero-order valence-electron chi connectivity index (χ0n) is 21.7. The molecule has 1 aliphatic rings. The number of carbonyl (C=O) groups excluding carboxylic acids is 2. The van der Waals surface area contributed by atoms with Gasteiger partial charge < -0.3 is 25.8 Å². The number of aliphatic carboxylic acids is 1. The van der Waals surface area contributed by atoms with Gasteiger partial charge in [0.2, 0.25) is 5.91 Å². The third-order valence-corrected chi connectivity index (χ3v) is 6.74. The van der Waals surface area contributed by atoms with Gasteiger partial charge in [0.1, 0.15) is 11.8 Å². The van der Waals surface area contributed by atoms with E-state index in [4.69, 9.17) is 4.74 Å². The number of methoxy groups -OCH3 is 1. The molecular weight excluding hydrogens is 458 g/mol. The molecule has 0 spiro atoms. The minimum absolute atomic E-state index is 0.172. The second-order valence-electron chi connectivity index (χ2n) is 10.6. The molecule has 1 saturated carbocycles. The third kappa shape index (κ3) is 6.99. The minimum atomic E-state index is -1.01. The SMILES string of the molecule is COc1ccc(C)cc1NC(=O)Nc1ccc(C2CCC(C(=O)N[C@H](C(=O)O)C(C)(C)C)CC2)cc1. The molecule has 2 aromatic carbocycles. The van der Waals surface area contributed by atoms with Crippen LogP contribution in [0.15, 0.2) is 42.5 Å². The molecule has 0 aliphatic heterocycles. The van der Waals surface area contributed by atoms with Crippen molar-refractivity contribution in [3.05, 3.63) is 53.6 Å². The molecule has 1 atom stereocenters. The number of carboxylic acids is 1. The number of ether oxygens (including phenoxy) is 1. The Morgan fingerprint density at radius 2 is 1.61 bits per heavy atom. The van der Waals surface area contributed by atoms with Gasteiger partial charge in [0.05, 0.1) is 12.8 Å². The topological polar surface area (TPSA) is 117 Å². The first-order valence-electron chi connectivity index (χ1n) is 12.3. The fraction of sp³-hybridized carbons (Fsp3) is 0.464. The summed E-state index contributed by atoms with van der Waals surface area (Å²) < 4.78 is 5.31. The van der Waals surface area contributed by atoms with Crippen molar-refractivity contribution in [3.8, 4) is 5.75 Å². The number of anilines is 2. The Morgan fingerprint density at radius 1 is 0.972 bits per heavy atom. The van der Waals surface area contributed by atoms with Crippen LogP contribution in [-0.4, -0.2) is 36.2 Å². The van der Waals surface area contributed by atoms with Crippen LogP contribution in [0.3, 0.4) is 0 Å². The predicted octanol–water partition coefficient (Wildman–Crippen LogP) is 5.54. The van der Waals surface area contributed by atoms with Crippen LogP contribution in [0.4, 0.5) is 16.2 Å². The minimum Gasteiger partial charge on any atom is -0.495 e. The van der Waals surface area contributed by atoms with Crippen molar-refractivity contribution >= 4 is 29.3 Å². The molecule has 1 fully saturated rings. The third-order valence-electron chi connectivity index (χ3n) is 6.74. The number of urea groups is 1. The molecule has 3 rings (SSSR count). The van der Waals surface area contributed by atoms with Crippen LogP contribution in [0.5, 0.6) is 5.75 Å². The normalized spacial score (nSPS) is 18.6. The summed E-state index contributed by atoms with van der Waals surface area (Å²) in [4.78, 5) is 36.8. The van der Waals surface area contributed by atoms with Crippen LogP contribution in [-0.2, 0) is 9.59 Å². The van der Waals surface area contributed by atoms with Crippen LogP contribution >= 0.6 is 0 Å². The summed E-state index contributed by atoms with van der Waals surface area (Å²) in [5, 5.41) is 17.9. The smallest absolute Gasteiger partial charge is 0.326 e. The summed E-state index contributed by atoms with van der Waals surface area (Å²) >= 11 is 0. The second kappa shape index (κ2) is 11.5. The average molecular weight is 496 g/mol. The second-order valence-corrected chi connectivity index (χ2v) is 10.6. The zero-order chi connectivity index (χ0) is 26.5. The Hall–Kier alpha value is -3.55. The lowest BCUT2D eigenvalue weighted by Gasteiger charge is -2.32. The maximum absolute atomic E-state index is 12.7. The Bertz CT molecular complexity index is 1080. The molecule has 0 bridgehead atoms. The van der Waals surface area contributed by atoms with Gasteiger partial charge in [-0.25, -0.2) is 9.59 Å². The van der Waals surface area contributed by atoms with E-state index in [0.29, 0.717) is 35.9 Å². The summed E-state index contributed by atoms with van der Waals surface area (Å²) in [6.07, 6.45) is 3.14. The maximum Gasteiger partial charge on any atom is 0.326 e. The Morgan fingerprint density at radius 3 is 2.17 bits per heavy atom. The molecule has 0 unspecified atom stereocenters. The molecule has 0 radical (unpaired) electrons. The first-order chi connectivity index (χ1) is 17.0. The molecule has 4 N–H and O–H groups in total. The highest BCUT2D eigenvalue weighted by atomic mass is 16.5. The lowest BCUT2D eigenvalue weighted by molar-refractivity contribution is -0.145. The number of carboxylic acid groups (broad SMARTS) is 1. The summed E-state index contributed by atoms with van der Waals surface area (Å²) in [6, 6.07) is 12.1. The number of benzene rings is 2. The van der Waals surface area contributed by atoms with Gasteiger partial charge in [-0.2, -0.15) is 0 Å². The van der Waals surface area contributed by atoms with Crippen molar-refractivity contribution in [1.82, 2.24) is 5.32 Å². The number of nitrogens with one attached hydrogen (secondary N) is 3. The fourth-order valence-corrected chi connectivity index (χ4v) is 4.64. The van der Waals surface area contributed by atoms with E-state index >= 15 is 0 Å². The van der Waals surface area contributed by atoms with E-state index in [1.807, 2.05) is 70.2 Å². The quantitative estimate of drug-likeness (QED) is 0.403. The van der Waals surface area contributed by atoms with E-state index in [0.717, 1.165) is 18.4 Å². The number of hydrogen-bond acceptors (Lipinski definition) is 4. The van der Waals surface area contributed by atoms with E-state index in [2.05, 4.69) is 16.0 Å². The van der Waals surface area contributed by atoms with Crippen LogP contribution < -0.4 is 20.7 Å². The lowest BCUT2D eigenvalue weighted by Crippen LogP contribution is -2.51. The van der Waals surface area contributed by atoms with Gasteiger partial charge in [-0.15, -0.1) is 0 Å². The van der Waals surface area contributed by atoms with Gasteiger partial charge >= 0.3 is 12.0 Å². The number of rotatable bonds is 7. The van der Waals surface area contributed by atoms with Gasteiger partial charge in [-0.1, -0.05) is 39.0 Å². The summed E-state index contributed by atoms with van der Waals surface area (Å²) in [5.74, 6) is -0.441. The largest absolute Gasteiger partial charge is 0.495 e. The van der Waals surface area contributed by atoms with E-state index in [1.165, 1.54) is 5.56 Å². The van der Waals surface area contributed by atoms with Gasteiger partial charge in [0.15, 0.2) is 0 Å². The molecule has 0 aromatic heterocycles. The number of hydrogen-bond donors (Lipinski definition) is 4. The average Bonchev–Trinajstić information content (AvgIpc) is 2.82. The highest BCUT2D eigenvalue weighted by Crippen LogP contribution is 2.36. The predicted molar refractivity (Wildman–Crippen MR) is 141 cm³/mol. The summed E-state index contributed by atoms with van der Waals surface area (Å²) in [5.41, 5.74) is 2.90.